The zero-order valence-corrected chi connectivity index (χ0v) is 13.5. The predicted octanol–water partition coefficient (Wildman–Crippen LogP) is 4.62. The lowest BCUT2D eigenvalue weighted by Gasteiger charge is -2.17. The van der Waals surface area contributed by atoms with E-state index in [0.29, 0.717) is 21.3 Å². The number of aromatic nitrogens is 2. The van der Waals surface area contributed by atoms with Crippen LogP contribution in [0.15, 0.2) is 28.9 Å². The summed E-state index contributed by atoms with van der Waals surface area (Å²) in [6.45, 7) is 4.00. The fourth-order valence-electron chi connectivity index (χ4n) is 1.91. The van der Waals surface area contributed by atoms with Gasteiger partial charge in [-0.15, -0.1) is 0 Å². The van der Waals surface area contributed by atoms with Crippen LogP contribution in [0.3, 0.4) is 0 Å². The molecule has 2 rings (SSSR count). The van der Waals surface area contributed by atoms with E-state index in [9.17, 15) is 5.11 Å². The van der Waals surface area contributed by atoms with E-state index in [4.69, 9.17) is 23.2 Å². The average molecular weight is 364 g/mol. The van der Waals surface area contributed by atoms with Gasteiger partial charge in [-0.2, -0.15) is 5.10 Å². The van der Waals surface area contributed by atoms with Gasteiger partial charge in [0.25, 0.3) is 0 Å². The van der Waals surface area contributed by atoms with Crippen LogP contribution < -0.4 is 0 Å². The minimum absolute atomic E-state index is 0.144. The number of nitrogens with zero attached hydrogens (tertiary/aromatic N) is 2. The third kappa shape index (κ3) is 3.14. The number of aliphatic hydroxyl groups excluding tert-OH is 1. The Bertz CT molecular complexity index is 578. The van der Waals surface area contributed by atoms with E-state index in [0.717, 1.165) is 4.47 Å². The molecule has 6 heteroatoms. The van der Waals surface area contributed by atoms with Crippen LogP contribution in [0.2, 0.25) is 10.0 Å². The SMILES string of the molecule is CC(C)n1ncc(Br)c1C(O)c1cc(Cl)cc(Cl)c1. The molecule has 1 unspecified atom stereocenters. The molecule has 0 bridgehead atoms. The van der Waals surface area contributed by atoms with Crippen molar-refractivity contribution in [1.29, 1.82) is 0 Å². The van der Waals surface area contributed by atoms with Gasteiger partial charge in [-0.3, -0.25) is 4.68 Å². The number of hydrogen-bond acceptors (Lipinski definition) is 2. The van der Waals surface area contributed by atoms with Gasteiger partial charge in [0.1, 0.15) is 6.10 Å². The van der Waals surface area contributed by atoms with E-state index >= 15 is 0 Å². The van der Waals surface area contributed by atoms with Crippen molar-refractivity contribution in [2.24, 2.45) is 0 Å². The normalized spacial score (nSPS) is 13.0. The van der Waals surface area contributed by atoms with E-state index < -0.39 is 6.10 Å². The topological polar surface area (TPSA) is 38.0 Å². The van der Waals surface area contributed by atoms with Crippen molar-refractivity contribution >= 4 is 39.1 Å². The third-order valence-electron chi connectivity index (χ3n) is 2.74. The molecule has 0 saturated carbocycles. The summed E-state index contributed by atoms with van der Waals surface area (Å²) in [5.41, 5.74) is 1.33. The van der Waals surface area contributed by atoms with E-state index in [-0.39, 0.29) is 6.04 Å². The van der Waals surface area contributed by atoms with Crippen molar-refractivity contribution < 1.29 is 5.11 Å². The van der Waals surface area contributed by atoms with Crippen LogP contribution in [0.1, 0.15) is 37.3 Å². The first-order valence-corrected chi connectivity index (χ1v) is 7.32. The Morgan fingerprint density at radius 3 is 2.32 bits per heavy atom. The number of benzene rings is 1. The first-order chi connectivity index (χ1) is 8.90. The Morgan fingerprint density at radius 2 is 1.79 bits per heavy atom. The van der Waals surface area contributed by atoms with Crippen molar-refractivity contribution in [1.82, 2.24) is 9.78 Å². The van der Waals surface area contributed by atoms with Gasteiger partial charge in [0.05, 0.1) is 16.4 Å². The molecule has 1 aromatic heterocycles. The summed E-state index contributed by atoms with van der Waals surface area (Å²) in [4.78, 5) is 0. The van der Waals surface area contributed by atoms with Crippen LogP contribution >= 0.6 is 39.1 Å². The zero-order valence-electron chi connectivity index (χ0n) is 10.4. The van der Waals surface area contributed by atoms with Crippen molar-refractivity contribution in [2.45, 2.75) is 26.0 Å². The minimum Gasteiger partial charge on any atom is -0.382 e. The lowest BCUT2D eigenvalue weighted by molar-refractivity contribution is 0.204. The van der Waals surface area contributed by atoms with Gasteiger partial charge in [0, 0.05) is 16.1 Å². The standard InChI is InChI=1S/C13H13BrCl2N2O/c1-7(2)18-12(11(14)6-17-18)13(19)8-3-9(15)5-10(16)4-8/h3-7,13,19H,1-2H3. The Kier molecular flexibility index (Phi) is 4.56. The zero-order chi connectivity index (χ0) is 14.2. The molecule has 0 radical (unpaired) electrons. The molecule has 1 N–H and O–H groups in total. The molecular formula is C13H13BrCl2N2O. The maximum Gasteiger partial charge on any atom is 0.122 e. The predicted molar refractivity (Wildman–Crippen MR) is 80.8 cm³/mol. The molecule has 3 nitrogen and oxygen atoms in total. The van der Waals surface area contributed by atoms with Gasteiger partial charge in [0.2, 0.25) is 0 Å². The second-order valence-electron chi connectivity index (χ2n) is 4.52. The maximum absolute atomic E-state index is 10.5. The Morgan fingerprint density at radius 1 is 1.21 bits per heavy atom. The van der Waals surface area contributed by atoms with E-state index in [1.807, 2.05) is 13.8 Å². The summed E-state index contributed by atoms with van der Waals surface area (Å²) >= 11 is 15.3. The van der Waals surface area contributed by atoms with E-state index in [1.165, 1.54) is 0 Å². The largest absolute Gasteiger partial charge is 0.382 e. The van der Waals surface area contributed by atoms with Crippen molar-refractivity contribution in [3.05, 3.63) is 50.2 Å². The molecule has 0 aliphatic rings. The second-order valence-corrected chi connectivity index (χ2v) is 6.25. The van der Waals surface area contributed by atoms with Crippen molar-refractivity contribution in [3.63, 3.8) is 0 Å². The van der Waals surface area contributed by atoms with Crippen LogP contribution in [0, 0.1) is 0 Å². The highest BCUT2D eigenvalue weighted by atomic mass is 79.9. The summed E-state index contributed by atoms with van der Waals surface area (Å²) < 4.78 is 2.52. The number of halogens is 3. The van der Waals surface area contributed by atoms with Gasteiger partial charge in [-0.05, 0) is 53.5 Å². The fraction of sp³-hybridized carbons (Fsp3) is 0.308. The van der Waals surface area contributed by atoms with E-state index in [2.05, 4.69) is 21.0 Å². The fourth-order valence-corrected chi connectivity index (χ4v) is 2.94. The lowest BCUT2D eigenvalue weighted by atomic mass is 10.1. The van der Waals surface area contributed by atoms with Crippen molar-refractivity contribution in [3.8, 4) is 0 Å². The summed E-state index contributed by atoms with van der Waals surface area (Å²) in [7, 11) is 0. The molecule has 0 aliphatic carbocycles. The maximum atomic E-state index is 10.5. The molecule has 2 aromatic rings. The molecule has 1 aromatic carbocycles. The minimum atomic E-state index is -0.838. The smallest absolute Gasteiger partial charge is 0.122 e. The summed E-state index contributed by atoms with van der Waals surface area (Å²) in [5, 5.41) is 15.8. The first kappa shape index (κ1) is 14.9. The lowest BCUT2D eigenvalue weighted by Crippen LogP contribution is -2.12. The molecule has 0 fully saturated rings. The number of hydrogen-bond donors (Lipinski definition) is 1. The molecule has 0 amide bonds. The highest BCUT2D eigenvalue weighted by Gasteiger charge is 2.21. The van der Waals surface area contributed by atoms with Crippen LogP contribution in [0.4, 0.5) is 0 Å². The van der Waals surface area contributed by atoms with Crippen LogP contribution in [-0.2, 0) is 0 Å². The molecule has 1 atom stereocenters. The average Bonchev–Trinajstić information content (AvgIpc) is 2.69. The summed E-state index contributed by atoms with van der Waals surface area (Å²) in [6, 6.07) is 5.17. The Hall–Kier alpha value is -0.550. The molecule has 19 heavy (non-hydrogen) atoms. The molecule has 1 heterocycles. The monoisotopic (exact) mass is 362 g/mol. The number of rotatable bonds is 3. The molecule has 0 aliphatic heterocycles. The van der Waals surface area contributed by atoms with Gasteiger partial charge < -0.3 is 5.11 Å². The van der Waals surface area contributed by atoms with Crippen LogP contribution in [0.5, 0.6) is 0 Å². The highest BCUT2D eigenvalue weighted by Crippen LogP contribution is 2.32. The number of aliphatic hydroxyl groups is 1. The van der Waals surface area contributed by atoms with Crippen LogP contribution in [-0.4, -0.2) is 14.9 Å². The molecular weight excluding hydrogens is 351 g/mol. The second kappa shape index (κ2) is 5.83. The summed E-state index contributed by atoms with van der Waals surface area (Å²) in [6.07, 6.45) is 0.834. The Labute approximate surface area is 130 Å². The molecule has 0 spiro atoms. The van der Waals surface area contributed by atoms with Gasteiger partial charge >= 0.3 is 0 Å². The summed E-state index contributed by atoms with van der Waals surface area (Å²) in [5.74, 6) is 0. The van der Waals surface area contributed by atoms with Crippen LogP contribution in [0.25, 0.3) is 0 Å². The first-order valence-electron chi connectivity index (χ1n) is 5.77. The molecule has 102 valence electrons. The van der Waals surface area contributed by atoms with Gasteiger partial charge in [0.15, 0.2) is 0 Å². The quantitative estimate of drug-likeness (QED) is 0.864. The Balaban J connectivity index is 2.49. The van der Waals surface area contributed by atoms with E-state index in [1.54, 1.807) is 29.1 Å². The van der Waals surface area contributed by atoms with Crippen molar-refractivity contribution in [2.75, 3.05) is 0 Å². The molecule has 0 saturated heterocycles. The van der Waals surface area contributed by atoms with Gasteiger partial charge in [-0.25, -0.2) is 0 Å². The van der Waals surface area contributed by atoms with Gasteiger partial charge in [-0.1, -0.05) is 23.2 Å². The third-order valence-corrected chi connectivity index (χ3v) is 3.78. The highest BCUT2D eigenvalue weighted by molar-refractivity contribution is 9.10.